The summed E-state index contributed by atoms with van der Waals surface area (Å²) >= 11 is 5.96. The fourth-order valence-electron chi connectivity index (χ4n) is 1.93. The fourth-order valence-corrected chi connectivity index (χ4v) is 2.11. The third kappa shape index (κ3) is 5.86. The van der Waals surface area contributed by atoms with Gasteiger partial charge in [-0.1, -0.05) is 44.9 Å². The van der Waals surface area contributed by atoms with Gasteiger partial charge in [-0.3, -0.25) is 10.1 Å². The second kappa shape index (κ2) is 8.15. The lowest BCUT2D eigenvalue weighted by molar-refractivity contribution is -0.385. The molecule has 0 unspecified atom stereocenters. The van der Waals surface area contributed by atoms with E-state index in [1.165, 1.54) is 6.07 Å². The van der Waals surface area contributed by atoms with Gasteiger partial charge in [0.1, 0.15) is 0 Å². The van der Waals surface area contributed by atoms with Crippen LogP contribution in [0.25, 0.3) is 6.08 Å². The molecule has 0 spiro atoms. The molecule has 0 bridgehead atoms. The summed E-state index contributed by atoms with van der Waals surface area (Å²) in [6.45, 7) is 10.1. The molecule has 0 aliphatic rings. The van der Waals surface area contributed by atoms with E-state index in [1.54, 1.807) is 12.1 Å². The number of rotatable bonds is 7. The number of nitro benzene ring substituents is 1. The third-order valence-electron chi connectivity index (χ3n) is 3.15. The van der Waals surface area contributed by atoms with Gasteiger partial charge in [-0.25, -0.2) is 0 Å². The van der Waals surface area contributed by atoms with Gasteiger partial charge < -0.3 is 5.32 Å². The van der Waals surface area contributed by atoms with Crippen molar-refractivity contribution >= 4 is 23.4 Å². The van der Waals surface area contributed by atoms with E-state index in [-0.39, 0.29) is 10.6 Å². The zero-order valence-electron chi connectivity index (χ0n) is 13.0. The Labute approximate surface area is 131 Å². The Morgan fingerprint density at radius 1 is 1.38 bits per heavy atom. The number of nitrogens with one attached hydrogen (secondary N) is 1. The highest BCUT2D eigenvalue weighted by atomic mass is 35.5. The molecule has 21 heavy (non-hydrogen) atoms. The molecule has 0 atom stereocenters. The summed E-state index contributed by atoms with van der Waals surface area (Å²) in [5.74, 6) is 0.877. The number of halogens is 1. The molecular weight excluding hydrogens is 288 g/mol. The van der Waals surface area contributed by atoms with Crippen molar-refractivity contribution in [2.45, 2.75) is 27.7 Å². The van der Waals surface area contributed by atoms with Gasteiger partial charge in [0.05, 0.1) is 10.5 Å². The largest absolute Gasteiger partial charge is 0.313 e. The Balaban J connectivity index is 3.04. The lowest BCUT2D eigenvalue weighted by atomic mass is 9.99. The Hall–Kier alpha value is -1.39. The van der Waals surface area contributed by atoms with E-state index in [0.29, 0.717) is 22.4 Å². The van der Waals surface area contributed by atoms with Gasteiger partial charge >= 0.3 is 0 Å². The summed E-state index contributed by atoms with van der Waals surface area (Å²) in [5.41, 5.74) is 1.77. The lowest BCUT2D eigenvalue weighted by Crippen LogP contribution is -2.23. The lowest BCUT2D eigenvalue weighted by Gasteiger charge is -2.14. The van der Waals surface area contributed by atoms with E-state index in [4.69, 9.17) is 11.6 Å². The van der Waals surface area contributed by atoms with Gasteiger partial charge in [-0.05, 0) is 36.6 Å². The van der Waals surface area contributed by atoms with Crippen LogP contribution in [0.2, 0.25) is 5.02 Å². The molecule has 0 aromatic heterocycles. The molecule has 0 aliphatic carbocycles. The smallest absolute Gasteiger partial charge is 0.276 e. The Morgan fingerprint density at radius 3 is 2.57 bits per heavy atom. The fraction of sp³-hybridized carbons (Fsp3) is 0.500. The molecule has 1 N–H and O–H groups in total. The molecule has 1 aromatic carbocycles. The molecule has 0 fully saturated rings. The van der Waals surface area contributed by atoms with Crippen molar-refractivity contribution in [3.8, 4) is 0 Å². The second-order valence-electron chi connectivity index (χ2n) is 5.86. The van der Waals surface area contributed by atoms with Crippen LogP contribution in [0, 0.1) is 22.0 Å². The molecule has 0 saturated carbocycles. The highest BCUT2D eigenvalue weighted by molar-refractivity contribution is 6.30. The predicted octanol–water partition coefficient (Wildman–Crippen LogP) is 4.53. The van der Waals surface area contributed by atoms with E-state index in [2.05, 4.69) is 33.0 Å². The van der Waals surface area contributed by atoms with Gasteiger partial charge in [0.2, 0.25) is 0 Å². The van der Waals surface area contributed by atoms with Crippen molar-refractivity contribution in [3.63, 3.8) is 0 Å². The van der Waals surface area contributed by atoms with Gasteiger partial charge in [0, 0.05) is 17.6 Å². The summed E-state index contributed by atoms with van der Waals surface area (Å²) in [4.78, 5) is 10.7. The van der Waals surface area contributed by atoms with E-state index in [1.807, 2.05) is 6.08 Å². The van der Waals surface area contributed by atoms with Crippen LogP contribution < -0.4 is 5.32 Å². The van der Waals surface area contributed by atoms with Gasteiger partial charge in [-0.2, -0.15) is 0 Å². The maximum absolute atomic E-state index is 11.1. The topological polar surface area (TPSA) is 55.2 Å². The SMILES string of the molecule is CC(C)CNC/C(=C/c1cc(Cl)ccc1[N+](=O)[O-])C(C)C. The molecule has 1 aromatic rings. The van der Waals surface area contributed by atoms with Crippen LogP contribution in [-0.4, -0.2) is 18.0 Å². The number of nitro groups is 1. The first-order valence-electron chi connectivity index (χ1n) is 7.16. The van der Waals surface area contributed by atoms with Crippen molar-refractivity contribution < 1.29 is 4.92 Å². The average Bonchev–Trinajstić information content (AvgIpc) is 2.36. The van der Waals surface area contributed by atoms with Crippen LogP contribution in [0.5, 0.6) is 0 Å². The average molecular weight is 311 g/mol. The van der Waals surface area contributed by atoms with Crippen molar-refractivity contribution in [2.75, 3.05) is 13.1 Å². The summed E-state index contributed by atoms with van der Waals surface area (Å²) in [6.07, 6.45) is 1.88. The highest BCUT2D eigenvalue weighted by Gasteiger charge is 2.14. The van der Waals surface area contributed by atoms with Crippen LogP contribution in [0.15, 0.2) is 23.8 Å². The Bertz CT molecular complexity index is 525. The zero-order valence-corrected chi connectivity index (χ0v) is 13.8. The van der Waals surface area contributed by atoms with Gasteiger partial charge in [0.25, 0.3) is 5.69 Å². The summed E-state index contributed by atoms with van der Waals surface area (Å²) in [6, 6.07) is 4.64. The monoisotopic (exact) mass is 310 g/mol. The minimum absolute atomic E-state index is 0.0846. The quantitative estimate of drug-likeness (QED) is 0.594. The van der Waals surface area contributed by atoms with Crippen LogP contribution >= 0.6 is 11.6 Å². The molecule has 0 saturated heterocycles. The van der Waals surface area contributed by atoms with Crippen molar-refractivity contribution in [2.24, 2.45) is 11.8 Å². The number of nitrogens with zero attached hydrogens (tertiary/aromatic N) is 1. The Kier molecular flexibility index (Phi) is 6.85. The first kappa shape index (κ1) is 17.7. The van der Waals surface area contributed by atoms with Crippen LogP contribution in [0.1, 0.15) is 33.3 Å². The van der Waals surface area contributed by atoms with E-state index < -0.39 is 0 Å². The number of hydrogen-bond acceptors (Lipinski definition) is 3. The van der Waals surface area contributed by atoms with Crippen molar-refractivity contribution in [3.05, 3.63) is 44.5 Å². The predicted molar refractivity (Wildman–Crippen MR) is 88.6 cm³/mol. The van der Waals surface area contributed by atoms with E-state index >= 15 is 0 Å². The van der Waals surface area contributed by atoms with Crippen molar-refractivity contribution in [1.82, 2.24) is 5.32 Å². The third-order valence-corrected chi connectivity index (χ3v) is 3.39. The van der Waals surface area contributed by atoms with E-state index in [0.717, 1.165) is 18.7 Å². The van der Waals surface area contributed by atoms with E-state index in [9.17, 15) is 10.1 Å². The first-order chi connectivity index (χ1) is 9.81. The molecule has 116 valence electrons. The molecule has 0 aliphatic heterocycles. The van der Waals surface area contributed by atoms with Crippen molar-refractivity contribution in [1.29, 1.82) is 0 Å². The van der Waals surface area contributed by atoms with Crippen LogP contribution in [-0.2, 0) is 0 Å². The number of benzene rings is 1. The summed E-state index contributed by atoms with van der Waals surface area (Å²) < 4.78 is 0. The number of hydrogen-bond donors (Lipinski definition) is 1. The summed E-state index contributed by atoms with van der Waals surface area (Å²) in [7, 11) is 0. The molecular formula is C16H23ClN2O2. The van der Waals surface area contributed by atoms with Gasteiger partial charge in [-0.15, -0.1) is 0 Å². The second-order valence-corrected chi connectivity index (χ2v) is 6.30. The maximum atomic E-state index is 11.1. The minimum Gasteiger partial charge on any atom is -0.313 e. The standard InChI is InChI=1S/C16H23ClN2O2/c1-11(2)9-18-10-14(12(3)4)7-13-8-15(17)5-6-16(13)19(20)21/h5-8,11-12,18H,9-10H2,1-4H3/b14-7-. The van der Waals surface area contributed by atoms with Crippen LogP contribution in [0.4, 0.5) is 5.69 Å². The highest BCUT2D eigenvalue weighted by Crippen LogP contribution is 2.26. The molecule has 0 amide bonds. The first-order valence-corrected chi connectivity index (χ1v) is 7.54. The molecule has 1 rings (SSSR count). The zero-order chi connectivity index (χ0) is 16.0. The molecule has 0 radical (unpaired) electrons. The van der Waals surface area contributed by atoms with Crippen LogP contribution in [0.3, 0.4) is 0 Å². The maximum Gasteiger partial charge on any atom is 0.276 e. The minimum atomic E-state index is -0.373. The molecule has 0 heterocycles. The normalized spacial score (nSPS) is 12.2. The summed E-state index contributed by atoms with van der Waals surface area (Å²) in [5, 5.41) is 15.0. The van der Waals surface area contributed by atoms with Gasteiger partial charge in [0.15, 0.2) is 0 Å². The Morgan fingerprint density at radius 2 is 2.05 bits per heavy atom. The molecule has 5 heteroatoms. The molecule has 4 nitrogen and oxygen atoms in total.